The highest BCUT2D eigenvalue weighted by Crippen LogP contribution is 2.18. The topological polar surface area (TPSA) is 65.5 Å². The Morgan fingerprint density at radius 1 is 0.968 bits per heavy atom. The van der Waals surface area contributed by atoms with Gasteiger partial charge in [-0.2, -0.15) is 0 Å². The van der Waals surface area contributed by atoms with Crippen LogP contribution >= 0.6 is 11.3 Å². The number of nitrogens with one attached hydrogen (secondary N) is 1. The third kappa shape index (κ3) is 5.79. The molecule has 0 unspecified atom stereocenters. The summed E-state index contributed by atoms with van der Waals surface area (Å²) in [6.45, 7) is 3.04. The van der Waals surface area contributed by atoms with Gasteiger partial charge in [0.05, 0.1) is 12.1 Å². The average Bonchev–Trinajstić information content (AvgIpc) is 3.25. The molecule has 1 aliphatic rings. The molecule has 2 aromatic carbocycles. The molecule has 0 aliphatic carbocycles. The molecule has 158 valence electrons. The Hall–Kier alpha value is -3.45. The van der Waals surface area contributed by atoms with Gasteiger partial charge >= 0.3 is 0 Å². The predicted octanol–water partition coefficient (Wildman–Crippen LogP) is 3.69. The number of anilines is 2. The zero-order valence-electron chi connectivity index (χ0n) is 17.1. The van der Waals surface area contributed by atoms with Gasteiger partial charge in [0, 0.05) is 43.3 Å². The van der Waals surface area contributed by atoms with Gasteiger partial charge in [0.1, 0.15) is 0 Å². The largest absolute Gasteiger partial charge is 0.368 e. The molecule has 31 heavy (non-hydrogen) atoms. The highest BCUT2D eigenvalue weighted by molar-refractivity contribution is 7.14. The molecular formula is C24H24N4O2S. The summed E-state index contributed by atoms with van der Waals surface area (Å²) in [6, 6.07) is 19.9. The molecule has 2 heterocycles. The molecule has 1 fully saturated rings. The number of hydrogen-bond acceptors (Lipinski definition) is 5. The van der Waals surface area contributed by atoms with Gasteiger partial charge in [-0.3, -0.25) is 14.9 Å². The number of carbonyl (C=O) groups is 2. The van der Waals surface area contributed by atoms with E-state index in [9.17, 15) is 9.59 Å². The van der Waals surface area contributed by atoms with Crippen LogP contribution in [0.15, 0.2) is 72.1 Å². The van der Waals surface area contributed by atoms with Gasteiger partial charge < -0.3 is 9.80 Å². The van der Waals surface area contributed by atoms with Crippen molar-refractivity contribution in [3.8, 4) is 0 Å². The van der Waals surface area contributed by atoms with Crippen LogP contribution in [0.4, 0.5) is 10.8 Å². The SMILES string of the molecule is O=C(/C=C/c1ccccc1)Nc1nc(CC(=O)N2CCN(c3ccccc3)CC2)cs1. The van der Waals surface area contributed by atoms with E-state index in [1.165, 1.54) is 23.1 Å². The molecule has 0 spiro atoms. The van der Waals surface area contributed by atoms with E-state index in [2.05, 4.69) is 27.3 Å². The number of piperazine rings is 1. The normalized spacial score (nSPS) is 14.1. The number of benzene rings is 2. The monoisotopic (exact) mass is 432 g/mol. The van der Waals surface area contributed by atoms with Crippen molar-refractivity contribution in [3.05, 3.63) is 83.4 Å². The van der Waals surface area contributed by atoms with E-state index in [1.54, 1.807) is 6.08 Å². The van der Waals surface area contributed by atoms with Gasteiger partial charge in [-0.05, 0) is 23.8 Å². The maximum atomic E-state index is 12.7. The second-order valence-electron chi connectivity index (χ2n) is 7.26. The van der Waals surface area contributed by atoms with Crippen LogP contribution in [0.5, 0.6) is 0 Å². The highest BCUT2D eigenvalue weighted by Gasteiger charge is 2.22. The molecule has 1 saturated heterocycles. The first-order valence-electron chi connectivity index (χ1n) is 10.2. The van der Waals surface area contributed by atoms with Gasteiger partial charge in [-0.25, -0.2) is 4.98 Å². The fourth-order valence-electron chi connectivity index (χ4n) is 3.45. The summed E-state index contributed by atoms with van der Waals surface area (Å²) in [5.41, 5.74) is 2.83. The molecule has 1 N–H and O–H groups in total. The maximum absolute atomic E-state index is 12.7. The van der Waals surface area contributed by atoms with E-state index >= 15 is 0 Å². The summed E-state index contributed by atoms with van der Waals surface area (Å²) in [5, 5.41) is 5.09. The summed E-state index contributed by atoms with van der Waals surface area (Å²) < 4.78 is 0. The Morgan fingerprint density at radius 2 is 1.65 bits per heavy atom. The fraction of sp³-hybridized carbons (Fsp3) is 0.208. The van der Waals surface area contributed by atoms with Crippen LogP contribution in [0.3, 0.4) is 0 Å². The van der Waals surface area contributed by atoms with Crippen molar-refractivity contribution >= 4 is 40.0 Å². The molecule has 0 saturated carbocycles. The molecule has 2 amide bonds. The van der Waals surface area contributed by atoms with Crippen molar-refractivity contribution in [1.82, 2.24) is 9.88 Å². The lowest BCUT2D eigenvalue weighted by Crippen LogP contribution is -2.49. The van der Waals surface area contributed by atoms with E-state index < -0.39 is 0 Å². The second-order valence-corrected chi connectivity index (χ2v) is 8.12. The Balaban J connectivity index is 1.25. The van der Waals surface area contributed by atoms with Crippen LogP contribution in [-0.2, 0) is 16.0 Å². The van der Waals surface area contributed by atoms with Crippen LogP contribution in [-0.4, -0.2) is 47.9 Å². The van der Waals surface area contributed by atoms with Crippen molar-refractivity contribution in [2.24, 2.45) is 0 Å². The Morgan fingerprint density at radius 3 is 2.35 bits per heavy atom. The molecule has 4 rings (SSSR count). The van der Waals surface area contributed by atoms with Crippen molar-refractivity contribution in [2.75, 3.05) is 36.4 Å². The zero-order chi connectivity index (χ0) is 21.5. The molecule has 0 radical (unpaired) electrons. The number of nitrogens with zero attached hydrogens (tertiary/aromatic N) is 3. The third-order valence-corrected chi connectivity index (χ3v) is 5.90. The van der Waals surface area contributed by atoms with E-state index in [-0.39, 0.29) is 18.2 Å². The van der Waals surface area contributed by atoms with Crippen molar-refractivity contribution in [2.45, 2.75) is 6.42 Å². The minimum Gasteiger partial charge on any atom is -0.368 e. The number of carbonyl (C=O) groups excluding carboxylic acids is 2. The van der Waals surface area contributed by atoms with Gasteiger partial charge in [-0.1, -0.05) is 48.5 Å². The molecule has 0 atom stereocenters. The number of amides is 2. The van der Waals surface area contributed by atoms with Gasteiger partial charge in [0.15, 0.2) is 5.13 Å². The molecule has 6 nitrogen and oxygen atoms in total. The van der Waals surface area contributed by atoms with Gasteiger partial charge in [0.2, 0.25) is 11.8 Å². The second kappa shape index (κ2) is 10.0. The smallest absolute Gasteiger partial charge is 0.250 e. The molecule has 1 aromatic heterocycles. The van der Waals surface area contributed by atoms with Crippen LogP contribution in [0.2, 0.25) is 0 Å². The quantitative estimate of drug-likeness (QED) is 0.604. The Bertz CT molecular complexity index is 1040. The molecule has 3 aromatic rings. The highest BCUT2D eigenvalue weighted by atomic mass is 32.1. The molecule has 7 heteroatoms. The zero-order valence-corrected chi connectivity index (χ0v) is 17.9. The van der Waals surface area contributed by atoms with Gasteiger partial charge in [-0.15, -0.1) is 11.3 Å². The molecule has 1 aliphatic heterocycles. The van der Waals surface area contributed by atoms with E-state index in [0.717, 1.165) is 18.7 Å². The Labute approximate surface area is 185 Å². The third-order valence-electron chi connectivity index (χ3n) is 5.09. The van der Waals surface area contributed by atoms with E-state index in [4.69, 9.17) is 0 Å². The standard InChI is InChI=1S/C24H24N4O2S/c29-22(12-11-19-7-3-1-4-8-19)26-24-25-20(18-31-24)17-23(30)28-15-13-27(14-16-28)21-9-5-2-6-10-21/h1-12,18H,13-17H2,(H,25,26,29)/b12-11+. The van der Waals surface area contributed by atoms with E-state index in [0.29, 0.717) is 23.9 Å². The first-order valence-corrected chi connectivity index (χ1v) is 11.1. The first kappa shape index (κ1) is 20.8. The Kier molecular flexibility index (Phi) is 6.74. The first-order chi connectivity index (χ1) is 15.2. The lowest BCUT2D eigenvalue weighted by atomic mass is 10.2. The van der Waals surface area contributed by atoms with Crippen LogP contribution in [0.25, 0.3) is 6.08 Å². The summed E-state index contributed by atoms with van der Waals surface area (Å²) in [5.74, 6) is -0.173. The maximum Gasteiger partial charge on any atom is 0.250 e. The van der Waals surface area contributed by atoms with Crippen LogP contribution in [0.1, 0.15) is 11.3 Å². The number of thiazole rings is 1. The van der Waals surface area contributed by atoms with Crippen LogP contribution in [0, 0.1) is 0 Å². The number of aromatic nitrogens is 1. The molecular weight excluding hydrogens is 408 g/mol. The summed E-state index contributed by atoms with van der Waals surface area (Å²) in [7, 11) is 0. The summed E-state index contributed by atoms with van der Waals surface area (Å²) >= 11 is 1.33. The minimum absolute atomic E-state index is 0.0693. The fourth-order valence-corrected chi connectivity index (χ4v) is 4.16. The van der Waals surface area contributed by atoms with E-state index in [1.807, 2.05) is 58.8 Å². The lowest BCUT2D eigenvalue weighted by molar-refractivity contribution is -0.130. The minimum atomic E-state index is -0.242. The molecule has 0 bridgehead atoms. The number of hydrogen-bond donors (Lipinski definition) is 1. The summed E-state index contributed by atoms with van der Waals surface area (Å²) in [4.78, 5) is 33.4. The van der Waals surface area contributed by atoms with Gasteiger partial charge in [0.25, 0.3) is 0 Å². The lowest BCUT2D eigenvalue weighted by Gasteiger charge is -2.36. The predicted molar refractivity (Wildman–Crippen MR) is 125 cm³/mol. The summed E-state index contributed by atoms with van der Waals surface area (Å²) in [6.07, 6.45) is 3.48. The van der Waals surface area contributed by atoms with Crippen molar-refractivity contribution in [1.29, 1.82) is 0 Å². The number of rotatable bonds is 6. The van der Waals surface area contributed by atoms with Crippen molar-refractivity contribution in [3.63, 3.8) is 0 Å². The van der Waals surface area contributed by atoms with Crippen molar-refractivity contribution < 1.29 is 9.59 Å². The van der Waals surface area contributed by atoms with Crippen LogP contribution < -0.4 is 10.2 Å². The number of para-hydroxylation sites is 1. The average molecular weight is 433 g/mol.